The molecule has 0 fully saturated rings. The number of carbonyl (C=O) groups excluding carboxylic acids is 2. The third kappa shape index (κ3) is 4.10. The summed E-state index contributed by atoms with van der Waals surface area (Å²) >= 11 is 5.95. The van der Waals surface area contributed by atoms with Crippen molar-refractivity contribution in [3.05, 3.63) is 51.9 Å². The predicted octanol–water partition coefficient (Wildman–Crippen LogP) is 2.81. The summed E-state index contributed by atoms with van der Waals surface area (Å²) in [5.41, 5.74) is 1.70. The van der Waals surface area contributed by atoms with Gasteiger partial charge in [-0.1, -0.05) is 28.9 Å². The fourth-order valence-electron chi connectivity index (χ4n) is 1.95. The van der Waals surface area contributed by atoms with Gasteiger partial charge in [-0.25, -0.2) is 4.79 Å². The van der Waals surface area contributed by atoms with Crippen LogP contribution in [0.25, 0.3) is 0 Å². The van der Waals surface area contributed by atoms with E-state index in [-0.39, 0.29) is 6.61 Å². The van der Waals surface area contributed by atoms with Crippen molar-refractivity contribution >= 4 is 23.5 Å². The molecule has 122 valence electrons. The van der Waals surface area contributed by atoms with Gasteiger partial charge in [-0.3, -0.25) is 4.79 Å². The number of amides is 1. The van der Waals surface area contributed by atoms with Crippen LogP contribution in [0.3, 0.4) is 0 Å². The molecule has 1 heterocycles. The normalized spacial score (nSPS) is 11.8. The van der Waals surface area contributed by atoms with Crippen molar-refractivity contribution in [2.75, 3.05) is 0 Å². The molecule has 0 aliphatic heterocycles. The number of benzene rings is 1. The van der Waals surface area contributed by atoms with Crippen molar-refractivity contribution < 1.29 is 18.8 Å². The van der Waals surface area contributed by atoms with Crippen molar-refractivity contribution in [2.45, 2.75) is 33.4 Å². The molecule has 1 amide bonds. The lowest BCUT2D eigenvalue weighted by Gasteiger charge is -2.14. The molecule has 0 unspecified atom stereocenters. The molecule has 7 heteroatoms. The Labute approximate surface area is 138 Å². The van der Waals surface area contributed by atoms with E-state index in [0.717, 1.165) is 5.56 Å². The number of aromatic nitrogens is 1. The van der Waals surface area contributed by atoms with Gasteiger partial charge in [0, 0.05) is 0 Å². The summed E-state index contributed by atoms with van der Waals surface area (Å²) in [7, 11) is 0. The molecule has 1 aromatic heterocycles. The maximum atomic E-state index is 12.1. The van der Waals surface area contributed by atoms with Crippen LogP contribution in [-0.2, 0) is 16.1 Å². The summed E-state index contributed by atoms with van der Waals surface area (Å²) in [5.74, 6) is -0.383. The number of rotatable bonds is 5. The Morgan fingerprint density at radius 2 is 2.04 bits per heavy atom. The summed E-state index contributed by atoms with van der Waals surface area (Å²) < 4.78 is 10.2. The number of halogens is 1. The van der Waals surface area contributed by atoms with Gasteiger partial charge in [0.15, 0.2) is 0 Å². The number of hydrogen-bond acceptors (Lipinski definition) is 5. The molecule has 1 aromatic carbocycles. The number of esters is 1. The van der Waals surface area contributed by atoms with E-state index in [1.165, 1.54) is 0 Å². The summed E-state index contributed by atoms with van der Waals surface area (Å²) in [6, 6.07) is 5.80. The smallest absolute Gasteiger partial charge is 0.328 e. The highest BCUT2D eigenvalue weighted by Gasteiger charge is 2.20. The number of ether oxygens (including phenoxy) is 1. The van der Waals surface area contributed by atoms with Crippen LogP contribution in [0, 0.1) is 13.8 Å². The Bertz CT molecular complexity index is 707. The summed E-state index contributed by atoms with van der Waals surface area (Å²) in [6.07, 6.45) is 0. The minimum atomic E-state index is -0.806. The molecule has 1 N–H and O–H groups in total. The van der Waals surface area contributed by atoms with Crippen LogP contribution in [0.15, 0.2) is 28.8 Å². The van der Waals surface area contributed by atoms with Gasteiger partial charge in [0.1, 0.15) is 18.4 Å². The molecular formula is C16H17ClN2O4. The van der Waals surface area contributed by atoms with Crippen molar-refractivity contribution in [1.82, 2.24) is 10.5 Å². The third-order valence-corrected chi connectivity index (χ3v) is 3.69. The van der Waals surface area contributed by atoms with E-state index < -0.39 is 17.9 Å². The van der Waals surface area contributed by atoms with E-state index in [4.69, 9.17) is 20.9 Å². The largest absolute Gasteiger partial charge is 0.459 e. The van der Waals surface area contributed by atoms with E-state index in [1.807, 2.05) is 0 Å². The highest BCUT2D eigenvalue weighted by atomic mass is 35.5. The maximum absolute atomic E-state index is 12.1. The summed E-state index contributed by atoms with van der Waals surface area (Å²) in [4.78, 5) is 24.1. The average Bonchev–Trinajstić information content (AvgIpc) is 2.83. The fraction of sp³-hybridized carbons (Fsp3) is 0.312. The van der Waals surface area contributed by atoms with E-state index in [2.05, 4.69) is 10.5 Å². The Kier molecular flexibility index (Phi) is 5.39. The van der Waals surface area contributed by atoms with E-state index in [9.17, 15) is 9.59 Å². The second kappa shape index (κ2) is 7.28. The lowest BCUT2D eigenvalue weighted by Crippen LogP contribution is -2.39. The molecule has 23 heavy (non-hydrogen) atoms. The highest BCUT2D eigenvalue weighted by molar-refractivity contribution is 6.33. The molecule has 2 aromatic rings. The Morgan fingerprint density at radius 1 is 1.35 bits per heavy atom. The van der Waals surface area contributed by atoms with Gasteiger partial charge in [0.25, 0.3) is 5.91 Å². The topological polar surface area (TPSA) is 81.4 Å². The molecule has 0 radical (unpaired) electrons. The molecule has 0 aliphatic carbocycles. The van der Waals surface area contributed by atoms with Gasteiger partial charge >= 0.3 is 5.97 Å². The van der Waals surface area contributed by atoms with Crippen LogP contribution >= 0.6 is 11.6 Å². The fourth-order valence-corrected chi connectivity index (χ4v) is 2.18. The zero-order valence-electron chi connectivity index (χ0n) is 13.1. The van der Waals surface area contributed by atoms with Crippen LogP contribution in [0.4, 0.5) is 0 Å². The first-order chi connectivity index (χ1) is 10.9. The first-order valence-corrected chi connectivity index (χ1v) is 7.41. The quantitative estimate of drug-likeness (QED) is 0.849. The number of nitrogens with one attached hydrogen (secondary N) is 1. The van der Waals surface area contributed by atoms with E-state index >= 15 is 0 Å². The lowest BCUT2D eigenvalue weighted by atomic mass is 10.2. The summed E-state index contributed by atoms with van der Waals surface area (Å²) in [5, 5.41) is 6.67. The first kappa shape index (κ1) is 17.0. The molecule has 0 saturated heterocycles. The maximum Gasteiger partial charge on any atom is 0.328 e. The van der Waals surface area contributed by atoms with Crippen LogP contribution in [0.2, 0.25) is 5.02 Å². The van der Waals surface area contributed by atoms with Gasteiger partial charge in [-0.15, -0.1) is 0 Å². The molecule has 1 atom stereocenters. The highest BCUT2D eigenvalue weighted by Crippen LogP contribution is 2.15. The Morgan fingerprint density at radius 3 is 2.65 bits per heavy atom. The van der Waals surface area contributed by atoms with Gasteiger partial charge in [-0.2, -0.15) is 0 Å². The van der Waals surface area contributed by atoms with Crippen LogP contribution in [-0.4, -0.2) is 23.1 Å². The molecular weight excluding hydrogens is 320 g/mol. The zero-order valence-corrected chi connectivity index (χ0v) is 13.8. The first-order valence-electron chi connectivity index (χ1n) is 7.04. The number of nitrogens with zero attached hydrogens (tertiary/aromatic N) is 1. The van der Waals surface area contributed by atoms with Crippen molar-refractivity contribution in [3.8, 4) is 0 Å². The SMILES string of the molecule is Cc1noc(C)c1COC(=O)[C@H](C)NC(=O)c1ccccc1Cl. The van der Waals surface area contributed by atoms with Crippen molar-refractivity contribution in [2.24, 2.45) is 0 Å². The molecule has 0 bridgehead atoms. The number of hydrogen-bond donors (Lipinski definition) is 1. The van der Waals surface area contributed by atoms with Crippen LogP contribution in [0.5, 0.6) is 0 Å². The van der Waals surface area contributed by atoms with Gasteiger partial charge in [0.2, 0.25) is 0 Å². The van der Waals surface area contributed by atoms with Gasteiger partial charge < -0.3 is 14.6 Å². The standard InChI is InChI=1S/C16H17ClN2O4/c1-9-13(11(3)23-19-9)8-22-16(21)10(2)18-15(20)12-6-4-5-7-14(12)17/h4-7,10H,8H2,1-3H3,(H,18,20)/t10-/m0/s1. The second-order valence-corrected chi connectivity index (χ2v) is 5.49. The number of carbonyl (C=O) groups is 2. The monoisotopic (exact) mass is 336 g/mol. The molecule has 0 spiro atoms. The second-order valence-electron chi connectivity index (χ2n) is 5.09. The third-order valence-electron chi connectivity index (χ3n) is 3.36. The van der Waals surface area contributed by atoms with Crippen LogP contribution in [0.1, 0.15) is 34.3 Å². The minimum Gasteiger partial charge on any atom is -0.459 e. The summed E-state index contributed by atoms with van der Waals surface area (Å²) in [6.45, 7) is 5.10. The molecule has 2 rings (SSSR count). The van der Waals surface area contributed by atoms with E-state index in [0.29, 0.717) is 22.0 Å². The zero-order chi connectivity index (χ0) is 17.0. The molecule has 0 saturated carbocycles. The minimum absolute atomic E-state index is 0.0479. The Balaban J connectivity index is 1.93. The lowest BCUT2D eigenvalue weighted by molar-refractivity contribution is -0.146. The van der Waals surface area contributed by atoms with Crippen molar-refractivity contribution in [1.29, 1.82) is 0 Å². The van der Waals surface area contributed by atoms with Gasteiger partial charge in [0.05, 0.1) is 21.8 Å². The van der Waals surface area contributed by atoms with E-state index in [1.54, 1.807) is 45.0 Å². The number of aryl methyl sites for hydroxylation is 2. The van der Waals surface area contributed by atoms with Gasteiger partial charge in [-0.05, 0) is 32.9 Å². The van der Waals surface area contributed by atoms with Crippen LogP contribution < -0.4 is 5.32 Å². The molecule has 6 nitrogen and oxygen atoms in total. The van der Waals surface area contributed by atoms with Crippen molar-refractivity contribution in [3.63, 3.8) is 0 Å². The average molecular weight is 337 g/mol. The Hall–Kier alpha value is -2.34. The predicted molar refractivity (Wildman–Crippen MR) is 84.2 cm³/mol. The molecule has 0 aliphatic rings.